The Morgan fingerprint density at radius 2 is 2.05 bits per heavy atom. The van der Waals surface area contributed by atoms with Gasteiger partial charge in [-0.2, -0.15) is 0 Å². The molecule has 2 heterocycles. The molecule has 4 unspecified atom stereocenters. The fraction of sp³-hybridized carbons (Fsp3) is 0.448. The summed E-state index contributed by atoms with van der Waals surface area (Å²) in [6.07, 6.45) is 4.22. The molecule has 4 rings (SSSR count). The number of piperidine rings is 1. The van der Waals surface area contributed by atoms with Gasteiger partial charge in [0.05, 0.1) is 17.6 Å². The van der Waals surface area contributed by atoms with Crippen LogP contribution in [0.3, 0.4) is 0 Å². The van der Waals surface area contributed by atoms with Gasteiger partial charge >= 0.3 is 5.97 Å². The zero-order valence-electron chi connectivity index (χ0n) is 21.7. The SMILES string of the molecule is COc1ccc2ncc(Cl)c(C(N)CCC3CCN(C(C)Cc4cc(F)ccc4F)CC3CC(=O)O)c2c1. The lowest BCUT2D eigenvalue weighted by Gasteiger charge is -2.41. The average Bonchev–Trinajstić information content (AvgIpc) is 2.89. The van der Waals surface area contributed by atoms with Crippen molar-refractivity contribution >= 4 is 28.5 Å². The number of fused-ring (bicyclic) bond motifs is 1. The van der Waals surface area contributed by atoms with Gasteiger partial charge in [0.25, 0.3) is 0 Å². The molecular formula is C29H34ClF2N3O3. The molecule has 38 heavy (non-hydrogen) atoms. The van der Waals surface area contributed by atoms with Crippen molar-refractivity contribution in [1.29, 1.82) is 0 Å². The minimum Gasteiger partial charge on any atom is -0.497 e. The second-order valence-corrected chi connectivity index (χ2v) is 10.7. The molecule has 3 aromatic rings. The zero-order valence-corrected chi connectivity index (χ0v) is 22.4. The molecule has 0 aliphatic carbocycles. The first-order chi connectivity index (χ1) is 18.2. The fourth-order valence-electron chi connectivity index (χ4n) is 5.70. The van der Waals surface area contributed by atoms with Gasteiger partial charge in [-0.1, -0.05) is 11.6 Å². The lowest BCUT2D eigenvalue weighted by molar-refractivity contribution is -0.139. The standard InChI is InChI=1S/C29H34ClF2N3O3/c1-17(11-19-12-21(31)4-6-25(19)32)35-10-9-18(20(16-35)13-28(36)37)3-7-26(33)29-23-14-22(38-2)5-8-27(23)34-15-24(29)30/h4-6,8,12,14-15,17-18,20,26H,3,7,9-11,13,16,33H2,1-2H3,(H,36,37). The van der Waals surface area contributed by atoms with Crippen LogP contribution in [0.5, 0.6) is 5.75 Å². The van der Waals surface area contributed by atoms with Gasteiger partial charge in [0.1, 0.15) is 17.4 Å². The van der Waals surface area contributed by atoms with E-state index in [0.717, 1.165) is 48.0 Å². The molecule has 0 bridgehead atoms. The Kier molecular flexibility index (Phi) is 9.18. The summed E-state index contributed by atoms with van der Waals surface area (Å²) in [5.74, 6) is -0.940. The summed E-state index contributed by atoms with van der Waals surface area (Å²) in [6, 6.07) is 8.69. The molecule has 0 spiro atoms. The van der Waals surface area contributed by atoms with E-state index < -0.39 is 17.6 Å². The quantitative estimate of drug-likeness (QED) is 0.325. The van der Waals surface area contributed by atoms with Crippen LogP contribution in [0.15, 0.2) is 42.6 Å². The molecule has 1 aromatic heterocycles. The number of halogens is 3. The largest absolute Gasteiger partial charge is 0.497 e. The average molecular weight is 546 g/mol. The molecular weight excluding hydrogens is 512 g/mol. The topological polar surface area (TPSA) is 88.7 Å². The molecule has 4 atom stereocenters. The molecule has 1 fully saturated rings. The van der Waals surface area contributed by atoms with Gasteiger partial charge in [0, 0.05) is 36.6 Å². The van der Waals surface area contributed by atoms with E-state index in [2.05, 4.69) is 9.88 Å². The molecule has 6 nitrogen and oxygen atoms in total. The van der Waals surface area contributed by atoms with E-state index in [1.54, 1.807) is 13.3 Å². The molecule has 204 valence electrons. The fourth-order valence-corrected chi connectivity index (χ4v) is 5.99. The van der Waals surface area contributed by atoms with Crippen LogP contribution in [-0.2, 0) is 11.2 Å². The normalized spacial score (nSPS) is 19.8. The van der Waals surface area contributed by atoms with Crippen molar-refractivity contribution in [3.8, 4) is 5.75 Å². The number of nitrogens with zero attached hydrogens (tertiary/aromatic N) is 2. The summed E-state index contributed by atoms with van der Waals surface area (Å²) in [5.41, 5.74) is 8.58. The third-order valence-corrected chi connectivity index (χ3v) is 8.09. The Hall–Kier alpha value is -2.81. The van der Waals surface area contributed by atoms with E-state index in [-0.39, 0.29) is 30.3 Å². The molecule has 9 heteroatoms. The van der Waals surface area contributed by atoms with Gasteiger partial charge in [-0.25, -0.2) is 8.78 Å². The number of pyridine rings is 1. The molecule has 3 N–H and O–H groups in total. The van der Waals surface area contributed by atoms with Gasteiger partial charge < -0.3 is 20.5 Å². The lowest BCUT2D eigenvalue weighted by atomic mass is 9.78. The van der Waals surface area contributed by atoms with Crippen molar-refractivity contribution < 1.29 is 23.4 Å². The van der Waals surface area contributed by atoms with Crippen molar-refractivity contribution in [3.05, 3.63) is 70.4 Å². The Labute approximate surface area is 226 Å². The zero-order chi connectivity index (χ0) is 27.4. The van der Waals surface area contributed by atoms with Gasteiger partial charge in [-0.15, -0.1) is 0 Å². The van der Waals surface area contributed by atoms with Crippen molar-refractivity contribution in [1.82, 2.24) is 9.88 Å². The van der Waals surface area contributed by atoms with Crippen molar-refractivity contribution in [2.45, 2.75) is 51.1 Å². The second kappa shape index (κ2) is 12.4. The molecule has 2 aromatic carbocycles. The first-order valence-corrected chi connectivity index (χ1v) is 13.3. The van der Waals surface area contributed by atoms with Crippen LogP contribution < -0.4 is 10.5 Å². The van der Waals surface area contributed by atoms with E-state index in [1.165, 1.54) is 6.07 Å². The molecule has 0 saturated carbocycles. The van der Waals surface area contributed by atoms with Crippen LogP contribution in [0.25, 0.3) is 10.9 Å². The first kappa shape index (κ1) is 28.2. The van der Waals surface area contributed by atoms with E-state index in [4.69, 9.17) is 22.1 Å². The summed E-state index contributed by atoms with van der Waals surface area (Å²) in [6.45, 7) is 3.31. The monoisotopic (exact) mass is 545 g/mol. The Morgan fingerprint density at radius 1 is 1.26 bits per heavy atom. The highest BCUT2D eigenvalue weighted by atomic mass is 35.5. The number of hydrogen-bond acceptors (Lipinski definition) is 5. The minimum atomic E-state index is -0.842. The highest BCUT2D eigenvalue weighted by molar-refractivity contribution is 6.32. The number of carbonyl (C=O) groups is 1. The number of rotatable bonds is 10. The van der Waals surface area contributed by atoms with E-state index >= 15 is 0 Å². The van der Waals surface area contributed by atoms with E-state index in [1.807, 2.05) is 25.1 Å². The van der Waals surface area contributed by atoms with Crippen LogP contribution in [0.1, 0.15) is 49.8 Å². The molecule has 1 saturated heterocycles. The number of aliphatic carboxylic acids is 1. The van der Waals surface area contributed by atoms with Crippen LogP contribution in [-0.4, -0.2) is 47.2 Å². The first-order valence-electron chi connectivity index (χ1n) is 12.9. The molecule has 0 radical (unpaired) electrons. The third-order valence-electron chi connectivity index (χ3n) is 7.79. The minimum absolute atomic E-state index is 0.0492. The lowest BCUT2D eigenvalue weighted by Crippen LogP contribution is -2.46. The predicted octanol–water partition coefficient (Wildman–Crippen LogP) is 6.00. The van der Waals surface area contributed by atoms with Crippen LogP contribution in [0.4, 0.5) is 8.78 Å². The smallest absolute Gasteiger partial charge is 0.303 e. The maximum atomic E-state index is 14.2. The van der Waals surface area contributed by atoms with Crippen molar-refractivity contribution in [3.63, 3.8) is 0 Å². The van der Waals surface area contributed by atoms with Crippen molar-refractivity contribution in [2.75, 3.05) is 20.2 Å². The number of nitrogens with two attached hydrogens (primary N) is 1. The summed E-state index contributed by atoms with van der Waals surface area (Å²) < 4.78 is 33.2. The Bertz CT molecular complexity index is 1290. The number of aromatic nitrogens is 1. The van der Waals surface area contributed by atoms with Gasteiger partial charge in [0.15, 0.2) is 0 Å². The van der Waals surface area contributed by atoms with E-state index in [0.29, 0.717) is 35.7 Å². The highest BCUT2D eigenvalue weighted by Gasteiger charge is 2.33. The van der Waals surface area contributed by atoms with Crippen LogP contribution in [0.2, 0.25) is 5.02 Å². The summed E-state index contributed by atoms with van der Waals surface area (Å²) >= 11 is 6.54. The Balaban J connectivity index is 1.45. The van der Waals surface area contributed by atoms with Crippen LogP contribution >= 0.6 is 11.6 Å². The van der Waals surface area contributed by atoms with Crippen molar-refractivity contribution in [2.24, 2.45) is 17.6 Å². The van der Waals surface area contributed by atoms with Gasteiger partial charge in [-0.05, 0) is 98.5 Å². The number of carboxylic acids is 1. The Morgan fingerprint density at radius 3 is 2.79 bits per heavy atom. The predicted molar refractivity (Wildman–Crippen MR) is 144 cm³/mol. The molecule has 1 aliphatic rings. The third kappa shape index (κ3) is 6.60. The van der Waals surface area contributed by atoms with E-state index in [9.17, 15) is 18.7 Å². The number of benzene rings is 2. The summed E-state index contributed by atoms with van der Waals surface area (Å²) in [5, 5.41) is 10.9. The van der Waals surface area contributed by atoms with Crippen LogP contribution in [0, 0.1) is 23.5 Å². The number of hydrogen-bond donors (Lipinski definition) is 2. The number of carboxylic acid groups (broad SMARTS) is 1. The summed E-state index contributed by atoms with van der Waals surface area (Å²) in [7, 11) is 1.60. The summed E-state index contributed by atoms with van der Waals surface area (Å²) in [4.78, 5) is 18.3. The van der Waals surface area contributed by atoms with Gasteiger partial charge in [0.2, 0.25) is 0 Å². The maximum absolute atomic E-state index is 14.2. The molecule has 1 aliphatic heterocycles. The highest BCUT2D eigenvalue weighted by Crippen LogP contribution is 2.37. The number of likely N-dealkylation sites (tertiary alicyclic amines) is 1. The number of methoxy groups -OCH3 is 1. The maximum Gasteiger partial charge on any atom is 0.303 e. The number of ether oxygens (including phenoxy) is 1. The second-order valence-electron chi connectivity index (χ2n) is 10.3. The molecule has 0 amide bonds. The van der Waals surface area contributed by atoms with Gasteiger partial charge in [-0.3, -0.25) is 9.78 Å².